The van der Waals surface area contributed by atoms with E-state index in [9.17, 15) is 9.59 Å². The van der Waals surface area contributed by atoms with E-state index in [-0.39, 0.29) is 11.8 Å². The van der Waals surface area contributed by atoms with Gasteiger partial charge < -0.3 is 16.0 Å². The summed E-state index contributed by atoms with van der Waals surface area (Å²) in [6.07, 6.45) is 0.788. The van der Waals surface area contributed by atoms with Gasteiger partial charge in [-0.25, -0.2) is 0 Å². The molecular weight excluding hydrogens is 394 g/mol. The Hall–Kier alpha value is -2.83. The fraction of sp³-hybridized carbons (Fsp3) is 0.143. The lowest BCUT2D eigenvalue weighted by Crippen LogP contribution is -2.26. The van der Waals surface area contributed by atoms with E-state index in [0.29, 0.717) is 27.7 Å². The zero-order valence-corrected chi connectivity index (χ0v) is 16.6. The average Bonchev–Trinajstić information content (AvgIpc) is 3.25. The maximum absolute atomic E-state index is 12.4. The summed E-state index contributed by atoms with van der Waals surface area (Å²) >= 11 is 7.50. The van der Waals surface area contributed by atoms with Gasteiger partial charge in [0.25, 0.3) is 11.8 Å². The molecular formula is C21H20ClN3O2S. The van der Waals surface area contributed by atoms with Crippen molar-refractivity contribution >= 4 is 46.1 Å². The van der Waals surface area contributed by atoms with Crippen LogP contribution < -0.4 is 16.0 Å². The average molecular weight is 414 g/mol. The normalized spacial score (nSPS) is 10.3. The molecule has 3 aromatic rings. The summed E-state index contributed by atoms with van der Waals surface area (Å²) in [5, 5.41) is 11.1. The number of hydrogen-bond donors (Lipinski definition) is 3. The van der Waals surface area contributed by atoms with Gasteiger partial charge in [-0.15, -0.1) is 11.3 Å². The van der Waals surface area contributed by atoms with Gasteiger partial charge in [-0.05, 0) is 48.2 Å². The first-order chi connectivity index (χ1) is 13.6. The molecule has 0 saturated heterocycles. The summed E-state index contributed by atoms with van der Waals surface area (Å²) in [4.78, 5) is 25.2. The highest BCUT2D eigenvalue weighted by molar-refractivity contribution is 7.12. The molecule has 1 heterocycles. The van der Waals surface area contributed by atoms with E-state index in [1.54, 1.807) is 30.3 Å². The molecule has 3 N–H and O–H groups in total. The van der Waals surface area contributed by atoms with Gasteiger partial charge in [0.2, 0.25) is 0 Å². The number of benzene rings is 2. The monoisotopic (exact) mass is 413 g/mol. The third kappa shape index (κ3) is 5.58. The largest absolute Gasteiger partial charge is 0.385 e. The first-order valence-electron chi connectivity index (χ1n) is 8.85. The smallest absolute Gasteiger partial charge is 0.265 e. The van der Waals surface area contributed by atoms with Crippen LogP contribution in [0, 0.1) is 0 Å². The standard InChI is InChI=1S/C21H20ClN3O2S/c22-17-10-9-15(14-18(17)25-21(27)19-8-4-13-28-19)20(26)24-12-5-11-23-16-6-2-1-3-7-16/h1-4,6-10,13-14,23H,5,11-12H2,(H,24,26)(H,25,27). The number of anilines is 2. The summed E-state index contributed by atoms with van der Waals surface area (Å²) in [6, 6.07) is 18.3. The molecule has 0 radical (unpaired) electrons. The van der Waals surface area contributed by atoms with Crippen LogP contribution in [0.1, 0.15) is 26.5 Å². The van der Waals surface area contributed by atoms with Crippen LogP contribution in [0.4, 0.5) is 11.4 Å². The highest BCUT2D eigenvalue weighted by Gasteiger charge is 2.12. The fourth-order valence-corrected chi connectivity index (χ4v) is 3.32. The van der Waals surface area contributed by atoms with Crippen LogP contribution >= 0.6 is 22.9 Å². The van der Waals surface area contributed by atoms with Crippen LogP contribution in [-0.2, 0) is 0 Å². The summed E-state index contributed by atoms with van der Waals surface area (Å²) in [6.45, 7) is 1.30. The molecule has 7 heteroatoms. The first kappa shape index (κ1) is 19.9. The number of rotatable bonds is 8. The summed E-state index contributed by atoms with van der Waals surface area (Å²) < 4.78 is 0. The minimum atomic E-state index is -0.249. The molecule has 0 aliphatic carbocycles. The maximum Gasteiger partial charge on any atom is 0.265 e. The molecule has 0 atom stereocenters. The number of halogens is 1. The van der Waals surface area contributed by atoms with Gasteiger partial charge in [-0.3, -0.25) is 9.59 Å². The van der Waals surface area contributed by atoms with Gasteiger partial charge in [-0.2, -0.15) is 0 Å². The Balaban J connectivity index is 1.50. The molecule has 0 bridgehead atoms. The lowest BCUT2D eigenvalue weighted by Gasteiger charge is -2.10. The number of thiophene rings is 1. The van der Waals surface area contributed by atoms with Crippen molar-refractivity contribution in [1.29, 1.82) is 0 Å². The molecule has 28 heavy (non-hydrogen) atoms. The lowest BCUT2D eigenvalue weighted by molar-refractivity contribution is 0.0952. The number of para-hydroxylation sites is 1. The van der Waals surface area contributed by atoms with Crippen molar-refractivity contribution < 1.29 is 9.59 Å². The minimum Gasteiger partial charge on any atom is -0.385 e. The molecule has 0 spiro atoms. The van der Waals surface area contributed by atoms with Crippen LogP contribution in [0.25, 0.3) is 0 Å². The molecule has 0 aliphatic heterocycles. The zero-order chi connectivity index (χ0) is 19.8. The second kappa shape index (κ2) is 9.92. The van der Waals surface area contributed by atoms with Crippen molar-refractivity contribution in [2.75, 3.05) is 23.7 Å². The topological polar surface area (TPSA) is 70.2 Å². The van der Waals surface area contributed by atoms with E-state index >= 15 is 0 Å². The van der Waals surface area contributed by atoms with Crippen molar-refractivity contribution in [2.24, 2.45) is 0 Å². The van der Waals surface area contributed by atoms with E-state index in [2.05, 4.69) is 16.0 Å². The second-order valence-corrected chi connectivity index (χ2v) is 7.38. The number of carbonyl (C=O) groups excluding carboxylic acids is 2. The van der Waals surface area contributed by atoms with Crippen LogP contribution in [0.5, 0.6) is 0 Å². The molecule has 0 aliphatic rings. The molecule has 2 amide bonds. The SMILES string of the molecule is O=C(NCCCNc1ccccc1)c1ccc(Cl)c(NC(=O)c2cccs2)c1. The maximum atomic E-state index is 12.4. The van der Waals surface area contributed by atoms with E-state index < -0.39 is 0 Å². The highest BCUT2D eigenvalue weighted by Crippen LogP contribution is 2.24. The first-order valence-corrected chi connectivity index (χ1v) is 10.1. The molecule has 0 fully saturated rings. The van der Waals surface area contributed by atoms with E-state index in [1.165, 1.54) is 11.3 Å². The Kier molecular flexibility index (Phi) is 7.06. The Morgan fingerprint density at radius 3 is 2.50 bits per heavy atom. The quantitative estimate of drug-likeness (QED) is 0.460. The Bertz CT molecular complexity index is 930. The van der Waals surface area contributed by atoms with Gasteiger partial charge >= 0.3 is 0 Å². The van der Waals surface area contributed by atoms with Gasteiger partial charge in [0.15, 0.2) is 0 Å². The number of nitrogens with one attached hydrogen (secondary N) is 3. The molecule has 2 aromatic carbocycles. The van der Waals surface area contributed by atoms with Gasteiger partial charge in [0.05, 0.1) is 15.6 Å². The molecule has 1 aromatic heterocycles. The number of carbonyl (C=O) groups is 2. The molecule has 0 unspecified atom stereocenters. The minimum absolute atomic E-state index is 0.206. The van der Waals surface area contributed by atoms with Crippen molar-refractivity contribution in [2.45, 2.75) is 6.42 Å². The summed E-state index contributed by atoms with van der Waals surface area (Å²) in [5.41, 5.74) is 1.91. The third-order valence-corrected chi connectivity index (χ3v) is 5.16. The van der Waals surface area contributed by atoms with E-state index in [1.807, 2.05) is 35.7 Å². The van der Waals surface area contributed by atoms with Crippen molar-refractivity contribution in [3.63, 3.8) is 0 Å². The Morgan fingerprint density at radius 1 is 0.929 bits per heavy atom. The van der Waals surface area contributed by atoms with Crippen molar-refractivity contribution in [3.05, 3.63) is 81.5 Å². The highest BCUT2D eigenvalue weighted by atomic mass is 35.5. The van der Waals surface area contributed by atoms with Crippen molar-refractivity contribution in [1.82, 2.24) is 5.32 Å². The molecule has 5 nitrogen and oxygen atoms in total. The van der Waals surface area contributed by atoms with Crippen molar-refractivity contribution in [3.8, 4) is 0 Å². The predicted molar refractivity (Wildman–Crippen MR) is 116 cm³/mol. The fourth-order valence-electron chi connectivity index (χ4n) is 2.54. The van der Waals surface area contributed by atoms with Crippen LogP contribution in [0.2, 0.25) is 5.02 Å². The van der Waals surface area contributed by atoms with Crippen LogP contribution in [0.3, 0.4) is 0 Å². The Labute approximate surface area is 172 Å². The van der Waals surface area contributed by atoms with Crippen LogP contribution in [0.15, 0.2) is 66.0 Å². The Morgan fingerprint density at radius 2 is 1.75 bits per heavy atom. The molecule has 3 rings (SSSR count). The van der Waals surface area contributed by atoms with E-state index in [4.69, 9.17) is 11.6 Å². The summed E-state index contributed by atoms with van der Waals surface area (Å²) in [7, 11) is 0. The van der Waals surface area contributed by atoms with Gasteiger partial charge in [-0.1, -0.05) is 35.9 Å². The number of amides is 2. The molecule has 144 valence electrons. The second-order valence-electron chi connectivity index (χ2n) is 6.03. The lowest BCUT2D eigenvalue weighted by atomic mass is 10.2. The zero-order valence-electron chi connectivity index (χ0n) is 15.1. The number of hydrogen-bond acceptors (Lipinski definition) is 4. The van der Waals surface area contributed by atoms with Gasteiger partial charge in [0, 0.05) is 24.3 Å². The van der Waals surface area contributed by atoms with E-state index in [0.717, 1.165) is 18.7 Å². The van der Waals surface area contributed by atoms with Crippen LogP contribution in [-0.4, -0.2) is 24.9 Å². The third-order valence-electron chi connectivity index (χ3n) is 3.96. The molecule has 0 saturated carbocycles. The van der Waals surface area contributed by atoms with Gasteiger partial charge in [0.1, 0.15) is 0 Å². The summed E-state index contributed by atoms with van der Waals surface area (Å²) in [5.74, 6) is -0.454. The predicted octanol–water partition coefficient (Wildman–Crippen LogP) is 4.89.